The average Bonchev–Trinajstić information content (AvgIpc) is 3.81. The molecule has 44 heavy (non-hydrogen) atoms. The molecule has 7 nitrogen and oxygen atoms in total. The van der Waals surface area contributed by atoms with Crippen LogP contribution in [0.5, 0.6) is 5.75 Å². The largest absolute Gasteiger partial charge is 0.438 e. The van der Waals surface area contributed by atoms with Crippen molar-refractivity contribution in [3.05, 3.63) is 101 Å². The molecule has 0 radical (unpaired) electrons. The van der Waals surface area contributed by atoms with Gasteiger partial charge in [-0.1, -0.05) is 48.9 Å². The van der Waals surface area contributed by atoms with E-state index < -0.39 is 10.1 Å². The maximum Gasteiger partial charge on any atom is 0.268 e. The molecule has 0 spiro atoms. The third-order valence-corrected chi connectivity index (χ3v) is 10.5. The highest BCUT2D eigenvalue weighted by Crippen LogP contribution is 2.42. The molecule has 0 atom stereocenters. The third kappa shape index (κ3) is 5.66. The molecule has 3 aromatic carbocycles. The Kier molecular flexibility index (Phi) is 7.75. The van der Waals surface area contributed by atoms with Gasteiger partial charge in [-0.05, 0) is 76.2 Å². The fourth-order valence-corrected chi connectivity index (χ4v) is 8.01. The Morgan fingerprint density at radius 2 is 1.89 bits per heavy atom. The van der Waals surface area contributed by atoms with Gasteiger partial charge in [-0.2, -0.15) is 24.3 Å². The Balaban J connectivity index is 1.30. The lowest BCUT2D eigenvalue weighted by atomic mass is 10.1. The van der Waals surface area contributed by atoms with Crippen molar-refractivity contribution in [1.82, 2.24) is 4.57 Å². The quantitative estimate of drug-likeness (QED) is 0.121. The first-order chi connectivity index (χ1) is 21.4. The molecule has 3 aromatic heterocycles. The predicted octanol–water partition coefficient (Wildman–Crippen LogP) is 8.14. The van der Waals surface area contributed by atoms with Crippen LogP contribution in [0.4, 0.5) is 5.69 Å². The molecule has 1 aliphatic rings. The standard InChI is InChI=1S/C34H31N3O4S3/c1-2-3-15-37-30-20-25(26-14-18-42-23-26)9-12-32(30)43-34(37)22-33-36(16-6-19-44(38,39)40)29-21-27(10-11-31(29)41-33)35-17-13-24-7-4-5-8-28(24)35/h4-5,7-14,17-18,20-23H,2-3,6,15-16,19H2,1H3/p+1. The fourth-order valence-electron chi connectivity index (χ4n) is 5.76. The zero-order valence-corrected chi connectivity index (χ0v) is 26.7. The number of ether oxygens (including phenoxy) is 1. The van der Waals surface area contributed by atoms with Crippen LogP contribution in [-0.2, 0) is 16.7 Å². The highest BCUT2D eigenvalue weighted by atomic mass is 32.2. The van der Waals surface area contributed by atoms with Gasteiger partial charge in [-0.25, -0.2) is 0 Å². The van der Waals surface area contributed by atoms with E-state index in [-0.39, 0.29) is 12.2 Å². The molecule has 0 bridgehead atoms. The van der Waals surface area contributed by atoms with Gasteiger partial charge >= 0.3 is 0 Å². The van der Waals surface area contributed by atoms with E-state index in [1.807, 2.05) is 29.2 Å². The van der Waals surface area contributed by atoms with Gasteiger partial charge < -0.3 is 14.2 Å². The van der Waals surface area contributed by atoms with E-state index in [0.717, 1.165) is 46.7 Å². The van der Waals surface area contributed by atoms with Gasteiger partial charge in [-0.15, -0.1) is 0 Å². The van der Waals surface area contributed by atoms with Gasteiger partial charge in [0, 0.05) is 30.9 Å². The number of anilines is 1. The smallest absolute Gasteiger partial charge is 0.268 e. The minimum Gasteiger partial charge on any atom is -0.438 e. The summed E-state index contributed by atoms with van der Waals surface area (Å²) < 4.78 is 44.8. The topological polar surface area (TPSA) is 75.7 Å². The van der Waals surface area contributed by atoms with Crippen molar-refractivity contribution in [2.24, 2.45) is 0 Å². The van der Waals surface area contributed by atoms with Crippen LogP contribution in [-0.4, -0.2) is 29.8 Å². The van der Waals surface area contributed by atoms with Crippen LogP contribution < -0.4 is 14.2 Å². The number of rotatable bonds is 10. The SMILES string of the molecule is CCCC[n+]1c(/C=C2\Oc3ccc(-n4ccc5ccccc54)cc3N2CCCS(=O)(=O)O)sc2ccc(-c3ccsc3)cc21. The summed E-state index contributed by atoms with van der Waals surface area (Å²) >= 11 is 3.42. The second-order valence-corrected chi connectivity index (χ2v) is 14.3. The maximum atomic E-state index is 11.6. The summed E-state index contributed by atoms with van der Waals surface area (Å²) in [4.78, 5) is 2.03. The summed E-state index contributed by atoms with van der Waals surface area (Å²) in [5, 5.41) is 6.49. The number of hydrogen-bond acceptors (Lipinski definition) is 6. The Morgan fingerprint density at radius 1 is 1.00 bits per heavy atom. The van der Waals surface area contributed by atoms with Gasteiger partial charge in [0.25, 0.3) is 15.1 Å². The third-order valence-electron chi connectivity index (χ3n) is 7.94. The molecule has 0 aliphatic carbocycles. The van der Waals surface area contributed by atoms with Crippen LogP contribution in [0.25, 0.3) is 44.0 Å². The van der Waals surface area contributed by atoms with Gasteiger partial charge in [0.2, 0.25) is 11.4 Å². The first kappa shape index (κ1) is 28.8. The van der Waals surface area contributed by atoms with Crippen LogP contribution >= 0.6 is 22.7 Å². The summed E-state index contributed by atoms with van der Waals surface area (Å²) in [6, 6.07) is 25.2. The summed E-state index contributed by atoms with van der Waals surface area (Å²) in [7, 11) is -4.09. The number of para-hydroxylation sites is 1. The van der Waals surface area contributed by atoms with E-state index in [4.69, 9.17) is 4.74 Å². The number of hydrogen-bond donors (Lipinski definition) is 1. The van der Waals surface area contributed by atoms with Crippen molar-refractivity contribution in [1.29, 1.82) is 0 Å². The van der Waals surface area contributed by atoms with Crippen LogP contribution in [0.1, 0.15) is 31.2 Å². The number of thiophene rings is 1. The molecule has 4 heterocycles. The fraction of sp³-hybridized carbons (Fsp3) is 0.206. The zero-order chi connectivity index (χ0) is 30.3. The Morgan fingerprint density at radius 3 is 2.70 bits per heavy atom. The number of aryl methyl sites for hydroxylation is 1. The Bertz CT molecular complexity index is 2110. The molecule has 7 rings (SSSR count). The molecule has 1 N–H and O–H groups in total. The highest BCUT2D eigenvalue weighted by Gasteiger charge is 2.30. The number of unbranched alkanes of at least 4 members (excludes halogenated alkanes) is 1. The van der Waals surface area contributed by atoms with Crippen LogP contribution in [0.2, 0.25) is 0 Å². The molecule has 0 amide bonds. The van der Waals surface area contributed by atoms with E-state index in [1.54, 1.807) is 22.7 Å². The van der Waals surface area contributed by atoms with E-state index in [9.17, 15) is 13.0 Å². The van der Waals surface area contributed by atoms with Crippen molar-refractivity contribution in [2.45, 2.75) is 32.7 Å². The van der Waals surface area contributed by atoms with E-state index in [1.165, 1.54) is 21.3 Å². The summed E-state index contributed by atoms with van der Waals surface area (Å²) in [6.07, 6.45) is 6.50. The minimum atomic E-state index is -4.09. The van der Waals surface area contributed by atoms with E-state index in [0.29, 0.717) is 18.2 Å². The van der Waals surface area contributed by atoms with E-state index >= 15 is 0 Å². The molecule has 224 valence electrons. The molecule has 0 unspecified atom stereocenters. The average molecular weight is 643 g/mol. The van der Waals surface area contributed by atoms with Crippen LogP contribution in [0.3, 0.4) is 0 Å². The number of aromatic nitrogens is 2. The summed E-state index contributed by atoms with van der Waals surface area (Å²) in [5.41, 5.74) is 6.55. The molecular weight excluding hydrogens is 611 g/mol. The van der Waals surface area contributed by atoms with Gasteiger partial charge in [0.05, 0.1) is 23.0 Å². The van der Waals surface area contributed by atoms with Crippen molar-refractivity contribution in [2.75, 3.05) is 17.2 Å². The van der Waals surface area contributed by atoms with Crippen molar-refractivity contribution < 1.29 is 22.3 Å². The lowest BCUT2D eigenvalue weighted by molar-refractivity contribution is -0.669. The molecule has 6 aromatic rings. The number of thiazole rings is 1. The number of benzene rings is 3. The normalized spacial score (nSPS) is 14.1. The molecule has 0 fully saturated rings. The van der Waals surface area contributed by atoms with Crippen molar-refractivity contribution in [3.8, 4) is 22.6 Å². The minimum absolute atomic E-state index is 0.252. The van der Waals surface area contributed by atoms with E-state index in [2.05, 4.69) is 87.6 Å². The lowest BCUT2D eigenvalue weighted by Gasteiger charge is -2.18. The van der Waals surface area contributed by atoms with Crippen LogP contribution in [0.15, 0.2) is 95.6 Å². The van der Waals surface area contributed by atoms with Crippen molar-refractivity contribution in [3.63, 3.8) is 0 Å². The van der Waals surface area contributed by atoms with Gasteiger partial charge in [0.15, 0.2) is 12.3 Å². The lowest BCUT2D eigenvalue weighted by Crippen LogP contribution is -2.35. The molecule has 0 saturated heterocycles. The Labute approximate surface area is 264 Å². The van der Waals surface area contributed by atoms with Crippen molar-refractivity contribution >= 4 is 65.7 Å². The monoisotopic (exact) mass is 642 g/mol. The molecular formula is C34H32N3O4S3+. The Hall–Kier alpha value is -3.96. The zero-order valence-electron chi connectivity index (χ0n) is 24.2. The number of nitrogens with zero attached hydrogens (tertiary/aromatic N) is 3. The number of fused-ring (bicyclic) bond motifs is 3. The highest BCUT2D eigenvalue weighted by molar-refractivity contribution is 7.85. The molecule has 10 heteroatoms. The summed E-state index contributed by atoms with van der Waals surface area (Å²) in [6.45, 7) is 3.45. The van der Waals surface area contributed by atoms with Gasteiger partial charge in [-0.3, -0.25) is 4.55 Å². The molecule has 1 aliphatic heterocycles. The second kappa shape index (κ2) is 11.9. The van der Waals surface area contributed by atoms with Crippen LogP contribution in [0, 0.1) is 0 Å². The summed E-state index contributed by atoms with van der Waals surface area (Å²) in [5.74, 6) is 1.03. The first-order valence-corrected chi connectivity index (χ1v) is 18.1. The first-order valence-electron chi connectivity index (χ1n) is 14.7. The predicted molar refractivity (Wildman–Crippen MR) is 180 cm³/mol. The molecule has 0 saturated carbocycles. The maximum absolute atomic E-state index is 11.6. The van der Waals surface area contributed by atoms with Gasteiger partial charge in [0.1, 0.15) is 4.70 Å². The second-order valence-electron chi connectivity index (χ2n) is 10.9.